The van der Waals surface area contributed by atoms with Crippen molar-refractivity contribution in [1.82, 2.24) is 28.0 Å². The van der Waals surface area contributed by atoms with Gasteiger partial charge in [0, 0.05) is 49.2 Å². The molecule has 0 amide bonds. The third kappa shape index (κ3) is 4.62. The van der Waals surface area contributed by atoms with Gasteiger partial charge in [0.2, 0.25) is 10.0 Å². The van der Waals surface area contributed by atoms with Crippen molar-refractivity contribution in [2.75, 3.05) is 13.1 Å². The number of fused-ring (bicyclic) bond motifs is 1. The summed E-state index contributed by atoms with van der Waals surface area (Å²) < 4.78 is 35.7. The minimum absolute atomic E-state index is 0.0423. The van der Waals surface area contributed by atoms with E-state index in [1.807, 2.05) is 17.5 Å². The van der Waals surface area contributed by atoms with Crippen LogP contribution in [-0.4, -0.2) is 49.5 Å². The molecule has 36 heavy (non-hydrogen) atoms. The number of aromatic nitrogens is 5. The van der Waals surface area contributed by atoms with E-state index in [-0.39, 0.29) is 21.9 Å². The van der Waals surface area contributed by atoms with Crippen molar-refractivity contribution in [2.45, 2.75) is 51.0 Å². The summed E-state index contributed by atoms with van der Waals surface area (Å²) in [6.45, 7) is 7.72. The van der Waals surface area contributed by atoms with E-state index in [1.54, 1.807) is 44.8 Å². The second-order valence-electron chi connectivity index (χ2n) is 10.6. The fourth-order valence-corrected chi connectivity index (χ4v) is 6.77. The Hall–Kier alpha value is -2.89. The molecule has 5 rings (SSSR count). The molecule has 0 saturated carbocycles. The smallest absolute Gasteiger partial charge is 0.290 e. The van der Waals surface area contributed by atoms with Gasteiger partial charge in [-0.2, -0.15) is 4.31 Å². The maximum Gasteiger partial charge on any atom is 0.330 e. The van der Waals surface area contributed by atoms with Crippen molar-refractivity contribution >= 4 is 32.7 Å². The van der Waals surface area contributed by atoms with Gasteiger partial charge in [-0.25, -0.2) is 18.2 Å². The predicted octanol–water partition coefficient (Wildman–Crippen LogP) is 3.87. The quantitative estimate of drug-likeness (QED) is 0.391. The number of piperidine rings is 1. The topological polar surface area (TPSA) is 103 Å². The van der Waals surface area contributed by atoms with E-state index in [2.05, 4.69) is 30.4 Å². The fraction of sp³-hybridized carbons (Fsp3) is 0.440. The highest BCUT2D eigenvalue weighted by atomic mass is 32.2. The molecule has 1 aromatic carbocycles. The number of hydrogen-bond donors (Lipinski definition) is 0. The van der Waals surface area contributed by atoms with Crippen LogP contribution in [0.3, 0.4) is 0 Å². The van der Waals surface area contributed by atoms with Gasteiger partial charge in [-0.05, 0) is 54.1 Å². The molecule has 190 valence electrons. The summed E-state index contributed by atoms with van der Waals surface area (Å²) in [6.07, 6.45) is 1.59. The number of benzene rings is 1. The number of sulfonamides is 1. The van der Waals surface area contributed by atoms with Crippen LogP contribution in [0.2, 0.25) is 0 Å². The highest BCUT2D eigenvalue weighted by molar-refractivity contribution is 7.89. The molecule has 11 heteroatoms. The third-order valence-corrected chi connectivity index (χ3v) is 8.97. The molecule has 4 aromatic rings. The largest absolute Gasteiger partial charge is 0.330 e. The van der Waals surface area contributed by atoms with Crippen LogP contribution in [0, 0.1) is 5.41 Å². The molecular formula is C25H30N6O3S2. The van der Waals surface area contributed by atoms with Gasteiger partial charge in [0.15, 0.2) is 5.65 Å². The second-order valence-corrected chi connectivity index (χ2v) is 13.1. The molecule has 0 radical (unpaired) electrons. The van der Waals surface area contributed by atoms with Gasteiger partial charge >= 0.3 is 5.69 Å². The van der Waals surface area contributed by atoms with Crippen LogP contribution >= 0.6 is 11.5 Å². The zero-order valence-corrected chi connectivity index (χ0v) is 22.5. The van der Waals surface area contributed by atoms with Crippen LogP contribution in [0.25, 0.3) is 22.4 Å². The molecule has 4 heterocycles. The van der Waals surface area contributed by atoms with Gasteiger partial charge in [0.05, 0.1) is 10.4 Å². The summed E-state index contributed by atoms with van der Waals surface area (Å²) in [6, 6.07) is 10.7. The van der Waals surface area contributed by atoms with Crippen molar-refractivity contribution in [2.24, 2.45) is 12.5 Å². The van der Waals surface area contributed by atoms with E-state index < -0.39 is 10.0 Å². The predicted molar refractivity (Wildman–Crippen MR) is 141 cm³/mol. The van der Waals surface area contributed by atoms with Gasteiger partial charge in [-0.3, -0.25) is 9.13 Å². The minimum atomic E-state index is -3.65. The molecule has 0 aliphatic carbocycles. The SMILES string of the molecule is Cn1c(=O)n(CC(C)(C)C)c2ccc(C3CCCN(S(=O)(=O)c4ccc(-c5csnn5)cc4)C3)nc21. The molecule has 3 aromatic heterocycles. The first-order chi connectivity index (χ1) is 17.0. The minimum Gasteiger partial charge on any atom is -0.290 e. The van der Waals surface area contributed by atoms with Crippen LogP contribution in [0.1, 0.15) is 45.2 Å². The summed E-state index contributed by atoms with van der Waals surface area (Å²) >= 11 is 1.26. The van der Waals surface area contributed by atoms with Gasteiger partial charge in [0.25, 0.3) is 0 Å². The van der Waals surface area contributed by atoms with Crippen molar-refractivity contribution in [1.29, 1.82) is 0 Å². The van der Waals surface area contributed by atoms with Crippen molar-refractivity contribution in [3.8, 4) is 11.3 Å². The van der Waals surface area contributed by atoms with Gasteiger partial charge < -0.3 is 0 Å². The lowest BCUT2D eigenvalue weighted by atomic mass is 9.95. The molecule has 0 bridgehead atoms. The monoisotopic (exact) mass is 526 g/mol. The summed E-state index contributed by atoms with van der Waals surface area (Å²) in [4.78, 5) is 18.0. The Bertz CT molecular complexity index is 1550. The van der Waals surface area contributed by atoms with E-state index in [9.17, 15) is 13.2 Å². The van der Waals surface area contributed by atoms with E-state index in [0.29, 0.717) is 25.3 Å². The standard InChI is InChI=1S/C25H30N6O3S2/c1-25(2,3)16-31-22-12-11-20(26-23(22)29(4)24(31)32)18-6-5-13-30(14-18)36(33,34)19-9-7-17(8-10-19)21-15-35-28-27-21/h7-12,15,18H,5-6,13-14,16H2,1-4H3. The number of nitrogens with zero attached hydrogens (tertiary/aromatic N) is 6. The number of hydrogen-bond acceptors (Lipinski definition) is 7. The Morgan fingerprint density at radius 2 is 1.86 bits per heavy atom. The lowest BCUT2D eigenvalue weighted by molar-refractivity contribution is 0.313. The zero-order valence-electron chi connectivity index (χ0n) is 20.9. The summed E-state index contributed by atoms with van der Waals surface area (Å²) in [7, 11) is -1.91. The summed E-state index contributed by atoms with van der Waals surface area (Å²) in [5.74, 6) is -0.0423. The lowest BCUT2D eigenvalue weighted by Crippen LogP contribution is -2.39. The molecule has 0 N–H and O–H groups in total. The second kappa shape index (κ2) is 9.20. The van der Waals surface area contributed by atoms with Crippen LogP contribution < -0.4 is 5.69 Å². The van der Waals surface area contributed by atoms with E-state index in [1.165, 1.54) is 11.5 Å². The Morgan fingerprint density at radius 3 is 2.53 bits per heavy atom. The summed E-state index contributed by atoms with van der Waals surface area (Å²) in [5, 5.41) is 5.87. The number of imidazole rings is 1. The van der Waals surface area contributed by atoms with E-state index >= 15 is 0 Å². The van der Waals surface area contributed by atoms with Crippen molar-refractivity contribution in [3.63, 3.8) is 0 Å². The molecule has 1 saturated heterocycles. The molecule has 1 atom stereocenters. The molecular weight excluding hydrogens is 496 g/mol. The first-order valence-corrected chi connectivity index (χ1v) is 14.3. The Labute approximate surface area is 214 Å². The highest BCUT2D eigenvalue weighted by Crippen LogP contribution is 2.31. The molecule has 1 aliphatic rings. The van der Waals surface area contributed by atoms with Crippen LogP contribution in [0.15, 0.2) is 51.5 Å². The highest BCUT2D eigenvalue weighted by Gasteiger charge is 2.32. The lowest BCUT2D eigenvalue weighted by Gasteiger charge is -2.31. The first kappa shape index (κ1) is 24.8. The average molecular weight is 527 g/mol. The van der Waals surface area contributed by atoms with E-state index in [4.69, 9.17) is 4.98 Å². The summed E-state index contributed by atoms with van der Waals surface area (Å²) in [5.41, 5.74) is 3.68. The zero-order chi connectivity index (χ0) is 25.7. The number of aryl methyl sites for hydroxylation is 1. The van der Waals surface area contributed by atoms with E-state index in [0.717, 1.165) is 35.3 Å². The molecule has 1 unspecified atom stereocenters. The third-order valence-electron chi connectivity index (χ3n) is 6.59. The maximum atomic E-state index is 13.4. The van der Waals surface area contributed by atoms with Gasteiger partial charge in [0.1, 0.15) is 5.69 Å². The van der Waals surface area contributed by atoms with Crippen LogP contribution in [0.5, 0.6) is 0 Å². The first-order valence-electron chi connectivity index (χ1n) is 12.0. The molecule has 0 spiro atoms. The molecule has 1 aliphatic heterocycles. The maximum absolute atomic E-state index is 13.4. The Kier molecular flexibility index (Phi) is 6.34. The Morgan fingerprint density at radius 1 is 1.11 bits per heavy atom. The van der Waals surface area contributed by atoms with Crippen LogP contribution in [-0.2, 0) is 23.6 Å². The Balaban J connectivity index is 1.40. The number of pyridine rings is 1. The fourth-order valence-electron chi connectivity index (χ4n) is 4.78. The normalized spacial score (nSPS) is 17.6. The van der Waals surface area contributed by atoms with Crippen molar-refractivity contribution < 1.29 is 8.42 Å². The van der Waals surface area contributed by atoms with Gasteiger partial charge in [-0.1, -0.05) is 37.4 Å². The number of rotatable bonds is 5. The van der Waals surface area contributed by atoms with Gasteiger partial charge in [-0.15, -0.1) is 5.10 Å². The van der Waals surface area contributed by atoms with Crippen molar-refractivity contribution in [3.05, 3.63) is 58.0 Å². The average Bonchev–Trinajstić information content (AvgIpc) is 3.47. The van der Waals surface area contributed by atoms with Crippen LogP contribution in [0.4, 0.5) is 0 Å². The molecule has 9 nitrogen and oxygen atoms in total. The molecule has 1 fully saturated rings.